The lowest BCUT2D eigenvalue weighted by Crippen LogP contribution is -2.11. The highest BCUT2D eigenvalue weighted by atomic mass is 15.1. The second-order valence-corrected chi connectivity index (χ2v) is 5.45. The summed E-state index contributed by atoms with van der Waals surface area (Å²) in [6.45, 7) is 8.55. The second kappa shape index (κ2) is 6.37. The smallest absolute Gasteiger partial charge is 0.135 e. The molecule has 0 amide bonds. The van der Waals surface area contributed by atoms with Crippen molar-refractivity contribution in [2.75, 3.05) is 10.6 Å². The number of hydrogen-bond donors (Lipinski definition) is 2. The van der Waals surface area contributed by atoms with Crippen LogP contribution in [0.4, 0.5) is 17.3 Å². The van der Waals surface area contributed by atoms with Gasteiger partial charge in [-0.2, -0.15) is 0 Å². The molecular weight excluding hydrogens is 248 g/mol. The van der Waals surface area contributed by atoms with Crippen LogP contribution >= 0.6 is 0 Å². The predicted octanol–water partition coefficient (Wildman–Crippen LogP) is 4.16. The van der Waals surface area contributed by atoms with Gasteiger partial charge >= 0.3 is 0 Å². The molecule has 1 aromatic heterocycles. The molecule has 106 valence electrons. The fraction of sp³-hybridized carbons (Fsp3) is 0.375. The molecule has 0 unspecified atom stereocenters. The van der Waals surface area contributed by atoms with Crippen LogP contribution in [0.15, 0.2) is 36.7 Å². The molecule has 0 aliphatic carbocycles. The molecule has 0 spiro atoms. The third kappa shape index (κ3) is 3.70. The van der Waals surface area contributed by atoms with Crippen LogP contribution in [0.2, 0.25) is 0 Å². The van der Waals surface area contributed by atoms with E-state index >= 15 is 0 Å². The highest BCUT2D eigenvalue weighted by molar-refractivity contribution is 5.63. The Morgan fingerprint density at radius 2 is 1.65 bits per heavy atom. The van der Waals surface area contributed by atoms with Crippen LogP contribution in [0.1, 0.15) is 39.2 Å². The van der Waals surface area contributed by atoms with Crippen LogP contribution in [-0.2, 0) is 0 Å². The number of hydrogen-bond acceptors (Lipinski definition) is 4. The minimum absolute atomic E-state index is 0.348. The Morgan fingerprint density at radius 1 is 0.950 bits per heavy atom. The van der Waals surface area contributed by atoms with Gasteiger partial charge in [0.2, 0.25) is 0 Å². The third-order valence-corrected chi connectivity index (χ3v) is 2.95. The topological polar surface area (TPSA) is 49.8 Å². The summed E-state index contributed by atoms with van der Waals surface area (Å²) in [6, 6.07) is 10.6. The van der Waals surface area contributed by atoms with Gasteiger partial charge in [-0.05, 0) is 31.4 Å². The average molecular weight is 270 g/mol. The van der Waals surface area contributed by atoms with Crippen LogP contribution in [0.25, 0.3) is 0 Å². The van der Waals surface area contributed by atoms with Gasteiger partial charge in [0, 0.05) is 17.8 Å². The van der Waals surface area contributed by atoms with Crippen LogP contribution in [-0.4, -0.2) is 16.0 Å². The first-order valence-corrected chi connectivity index (χ1v) is 7.01. The summed E-state index contributed by atoms with van der Waals surface area (Å²) in [6.07, 6.45) is 1.57. The average Bonchev–Trinajstić information content (AvgIpc) is 2.38. The predicted molar refractivity (Wildman–Crippen MR) is 84.6 cm³/mol. The highest BCUT2D eigenvalue weighted by Gasteiger charge is 2.07. The number of aromatic nitrogens is 2. The molecule has 4 nitrogen and oxygen atoms in total. The number of nitrogens with zero attached hydrogens (tertiary/aromatic N) is 2. The molecule has 1 heterocycles. The van der Waals surface area contributed by atoms with Crippen molar-refractivity contribution in [2.45, 2.75) is 39.7 Å². The molecule has 1 aromatic carbocycles. The number of rotatable bonds is 5. The quantitative estimate of drug-likeness (QED) is 0.856. The van der Waals surface area contributed by atoms with Crippen LogP contribution in [0, 0.1) is 0 Å². The van der Waals surface area contributed by atoms with Crippen LogP contribution < -0.4 is 10.6 Å². The van der Waals surface area contributed by atoms with Crippen molar-refractivity contribution in [3.8, 4) is 0 Å². The maximum atomic E-state index is 4.28. The fourth-order valence-electron chi connectivity index (χ4n) is 2.05. The van der Waals surface area contributed by atoms with Gasteiger partial charge in [-0.25, -0.2) is 9.97 Å². The first-order valence-electron chi connectivity index (χ1n) is 7.01. The van der Waals surface area contributed by atoms with E-state index in [1.807, 2.05) is 12.1 Å². The van der Waals surface area contributed by atoms with Gasteiger partial charge in [0.15, 0.2) is 0 Å². The summed E-state index contributed by atoms with van der Waals surface area (Å²) in [5.74, 6) is 2.10. The zero-order chi connectivity index (χ0) is 14.5. The van der Waals surface area contributed by atoms with Gasteiger partial charge in [-0.3, -0.25) is 0 Å². The van der Waals surface area contributed by atoms with E-state index in [2.05, 4.69) is 66.5 Å². The molecule has 0 aliphatic rings. The summed E-state index contributed by atoms with van der Waals surface area (Å²) in [5, 5.41) is 6.65. The highest BCUT2D eigenvalue weighted by Crippen LogP contribution is 2.26. The Balaban J connectivity index is 2.22. The van der Waals surface area contributed by atoms with E-state index in [1.54, 1.807) is 6.33 Å². The molecule has 0 saturated carbocycles. The van der Waals surface area contributed by atoms with Gasteiger partial charge in [0.1, 0.15) is 18.0 Å². The first-order chi connectivity index (χ1) is 9.56. The van der Waals surface area contributed by atoms with E-state index in [0.717, 1.165) is 17.3 Å². The lowest BCUT2D eigenvalue weighted by atomic mass is 10.0. The minimum Gasteiger partial charge on any atom is -0.368 e. The molecule has 4 heteroatoms. The van der Waals surface area contributed by atoms with E-state index in [1.165, 1.54) is 5.56 Å². The first kappa shape index (κ1) is 14.3. The van der Waals surface area contributed by atoms with Crippen LogP contribution in [0.5, 0.6) is 0 Å². The van der Waals surface area contributed by atoms with Gasteiger partial charge in [0.25, 0.3) is 0 Å². The van der Waals surface area contributed by atoms with Gasteiger partial charge in [-0.1, -0.05) is 32.0 Å². The zero-order valence-corrected chi connectivity index (χ0v) is 12.5. The van der Waals surface area contributed by atoms with E-state index in [9.17, 15) is 0 Å². The van der Waals surface area contributed by atoms with Gasteiger partial charge < -0.3 is 10.6 Å². The Hall–Kier alpha value is -2.10. The Bertz CT molecular complexity index is 564. The third-order valence-electron chi connectivity index (χ3n) is 2.95. The van der Waals surface area contributed by atoms with Crippen LogP contribution in [0.3, 0.4) is 0 Å². The Morgan fingerprint density at radius 3 is 2.35 bits per heavy atom. The molecule has 20 heavy (non-hydrogen) atoms. The van der Waals surface area contributed by atoms with Crippen molar-refractivity contribution in [1.29, 1.82) is 0 Å². The molecule has 2 rings (SSSR count). The van der Waals surface area contributed by atoms with Crippen molar-refractivity contribution in [2.24, 2.45) is 0 Å². The van der Waals surface area contributed by atoms with Gasteiger partial charge in [0.05, 0.1) is 0 Å². The molecule has 0 saturated heterocycles. The minimum atomic E-state index is 0.348. The van der Waals surface area contributed by atoms with E-state index < -0.39 is 0 Å². The number of nitrogens with one attached hydrogen (secondary N) is 2. The summed E-state index contributed by atoms with van der Waals surface area (Å²) in [4.78, 5) is 8.50. The summed E-state index contributed by atoms with van der Waals surface area (Å²) >= 11 is 0. The van der Waals surface area contributed by atoms with E-state index in [4.69, 9.17) is 0 Å². The monoisotopic (exact) mass is 270 g/mol. The SMILES string of the molecule is CC(C)Nc1cc(Nc2ccccc2C(C)C)ncn1. The molecule has 0 atom stereocenters. The lowest BCUT2D eigenvalue weighted by Gasteiger charge is -2.15. The number of benzene rings is 1. The Labute approximate surface area is 120 Å². The molecule has 2 N–H and O–H groups in total. The summed E-state index contributed by atoms with van der Waals surface area (Å²) < 4.78 is 0. The van der Waals surface area contributed by atoms with Gasteiger partial charge in [-0.15, -0.1) is 0 Å². The van der Waals surface area contributed by atoms with Crippen molar-refractivity contribution in [3.05, 3.63) is 42.2 Å². The van der Waals surface area contributed by atoms with Crippen molar-refractivity contribution < 1.29 is 0 Å². The summed E-state index contributed by atoms with van der Waals surface area (Å²) in [5.41, 5.74) is 2.38. The lowest BCUT2D eigenvalue weighted by molar-refractivity contribution is 0.868. The molecular formula is C16H22N4. The van der Waals surface area contributed by atoms with Crippen molar-refractivity contribution in [3.63, 3.8) is 0 Å². The largest absolute Gasteiger partial charge is 0.368 e. The normalized spacial score (nSPS) is 10.9. The van der Waals surface area contributed by atoms with E-state index in [0.29, 0.717) is 12.0 Å². The molecule has 2 aromatic rings. The maximum Gasteiger partial charge on any atom is 0.135 e. The molecule has 0 fully saturated rings. The number of anilines is 3. The Kier molecular flexibility index (Phi) is 4.56. The van der Waals surface area contributed by atoms with Crippen molar-refractivity contribution in [1.82, 2.24) is 9.97 Å². The molecule has 0 radical (unpaired) electrons. The van der Waals surface area contributed by atoms with Crippen molar-refractivity contribution >= 4 is 17.3 Å². The molecule has 0 bridgehead atoms. The second-order valence-electron chi connectivity index (χ2n) is 5.45. The zero-order valence-electron chi connectivity index (χ0n) is 12.5. The number of para-hydroxylation sites is 1. The molecule has 0 aliphatic heterocycles. The van der Waals surface area contributed by atoms with E-state index in [-0.39, 0.29) is 0 Å². The fourth-order valence-corrected chi connectivity index (χ4v) is 2.05. The standard InChI is InChI=1S/C16H22N4/c1-11(2)13-7-5-6-8-14(13)20-16-9-15(17-10-18-16)19-12(3)4/h5-12H,1-4H3,(H2,17,18,19,20). The summed E-state index contributed by atoms with van der Waals surface area (Å²) in [7, 11) is 0. The maximum absolute atomic E-state index is 4.28.